The minimum Gasteiger partial charge on any atom is -0.462 e. The smallest absolute Gasteiger partial charge is 0.340 e. The first kappa shape index (κ1) is 15.6. The van der Waals surface area contributed by atoms with Crippen LogP contribution in [-0.4, -0.2) is 50.7 Å². The van der Waals surface area contributed by atoms with E-state index in [1.807, 2.05) is 13.0 Å². The second-order valence-electron chi connectivity index (χ2n) is 5.88. The molecule has 2 N–H and O–H groups in total. The maximum Gasteiger partial charge on any atom is 0.340 e. The van der Waals surface area contributed by atoms with Crippen LogP contribution in [0.15, 0.2) is 18.2 Å². The van der Waals surface area contributed by atoms with Crippen LogP contribution in [0.2, 0.25) is 0 Å². The van der Waals surface area contributed by atoms with Crippen LogP contribution in [0, 0.1) is 5.92 Å². The molecule has 1 aromatic rings. The van der Waals surface area contributed by atoms with Crippen LogP contribution in [0.1, 0.15) is 24.2 Å². The number of ether oxygens (including phenoxy) is 1. The predicted molar refractivity (Wildman–Crippen MR) is 85.7 cm³/mol. The summed E-state index contributed by atoms with van der Waals surface area (Å²) < 4.78 is 5.15. The van der Waals surface area contributed by atoms with Gasteiger partial charge in [0.25, 0.3) is 0 Å². The van der Waals surface area contributed by atoms with E-state index in [0.29, 0.717) is 29.8 Å². The first-order valence-corrected chi connectivity index (χ1v) is 7.42. The van der Waals surface area contributed by atoms with Crippen molar-refractivity contribution in [2.75, 3.05) is 44.4 Å². The summed E-state index contributed by atoms with van der Waals surface area (Å²) in [6.07, 6.45) is 0. The fourth-order valence-corrected chi connectivity index (χ4v) is 3.09. The number of carbonyl (C=O) groups is 1. The van der Waals surface area contributed by atoms with Crippen molar-refractivity contribution in [3.05, 3.63) is 23.8 Å². The van der Waals surface area contributed by atoms with Gasteiger partial charge < -0.3 is 20.3 Å². The molecule has 0 aliphatic carbocycles. The number of para-hydroxylation sites is 1. The Kier molecular flexibility index (Phi) is 4.73. The van der Waals surface area contributed by atoms with E-state index in [9.17, 15) is 4.79 Å². The molecular weight excluding hydrogens is 266 g/mol. The Bertz CT molecular complexity index is 516. The number of hydrogen-bond donors (Lipinski definition) is 1. The van der Waals surface area contributed by atoms with Crippen LogP contribution in [0.25, 0.3) is 0 Å². The zero-order valence-corrected chi connectivity index (χ0v) is 13.3. The van der Waals surface area contributed by atoms with E-state index >= 15 is 0 Å². The lowest BCUT2D eigenvalue weighted by atomic mass is 10.1. The maximum atomic E-state index is 12.2. The zero-order chi connectivity index (χ0) is 15.6. The first-order chi connectivity index (χ1) is 9.95. The van der Waals surface area contributed by atoms with Crippen molar-refractivity contribution in [2.24, 2.45) is 5.92 Å². The summed E-state index contributed by atoms with van der Waals surface area (Å²) in [5, 5.41) is 0. The molecule has 2 rings (SSSR count). The normalized spacial score (nSPS) is 21.9. The number of nitrogens with zero attached hydrogens (tertiary/aromatic N) is 2. The molecule has 1 saturated heterocycles. The van der Waals surface area contributed by atoms with E-state index in [1.165, 1.54) is 0 Å². The number of hydrogen-bond acceptors (Lipinski definition) is 5. The fourth-order valence-electron chi connectivity index (χ4n) is 3.09. The SMILES string of the molecule is CCOC(=O)c1cccc(N)c1N1CC(C)C(N(C)C)C1. The number of anilines is 2. The van der Waals surface area contributed by atoms with Gasteiger partial charge in [-0.1, -0.05) is 13.0 Å². The molecule has 0 bridgehead atoms. The molecule has 0 amide bonds. The Hall–Kier alpha value is -1.75. The quantitative estimate of drug-likeness (QED) is 0.677. The molecule has 1 aromatic carbocycles. The Labute approximate surface area is 126 Å². The molecule has 0 saturated carbocycles. The average molecular weight is 291 g/mol. The van der Waals surface area contributed by atoms with Gasteiger partial charge in [-0.25, -0.2) is 4.79 Å². The molecule has 0 aromatic heterocycles. The van der Waals surface area contributed by atoms with Gasteiger partial charge in [0.05, 0.1) is 23.5 Å². The number of rotatable bonds is 4. The molecule has 1 heterocycles. The summed E-state index contributed by atoms with van der Waals surface area (Å²) in [6.45, 7) is 6.17. The van der Waals surface area contributed by atoms with Gasteiger partial charge in [-0.15, -0.1) is 0 Å². The summed E-state index contributed by atoms with van der Waals surface area (Å²) in [4.78, 5) is 16.6. The van der Waals surface area contributed by atoms with E-state index in [2.05, 4.69) is 30.8 Å². The largest absolute Gasteiger partial charge is 0.462 e. The minimum absolute atomic E-state index is 0.305. The lowest BCUT2D eigenvalue weighted by Crippen LogP contribution is -2.34. The van der Waals surface area contributed by atoms with Gasteiger partial charge in [0, 0.05) is 19.1 Å². The van der Waals surface area contributed by atoms with Gasteiger partial charge in [-0.3, -0.25) is 0 Å². The van der Waals surface area contributed by atoms with E-state index in [4.69, 9.17) is 10.5 Å². The van der Waals surface area contributed by atoms with Crippen LogP contribution in [0.3, 0.4) is 0 Å². The predicted octanol–water partition coefficient (Wildman–Crippen LogP) is 1.83. The first-order valence-electron chi connectivity index (χ1n) is 7.42. The number of nitrogen functional groups attached to an aromatic ring is 1. The number of likely N-dealkylation sites (N-methyl/N-ethyl adjacent to an activating group) is 1. The van der Waals surface area contributed by atoms with Crippen molar-refractivity contribution in [1.82, 2.24) is 4.90 Å². The van der Waals surface area contributed by atoms with E-state index < -0.39 is 0 Å². The number of benzene rings is 1. The monoisotopic (exact) mass is 291 g/mol. The minimum atomic E-state index is -0.305. The maximum absolute atomic E-state index is 12.2. The third-order valence-corrected chi connectivity index (χ3v) is 4.11. The molecular formula is C16H25N3O2. The second kappa shape index (κ2) is 6.35. The molecule has 0 radical (unpaired) electrons. The molecule has 5 heteroatoms. The highest BCUT2D eigenvalue weighted by Crippen LogP contribution is 2.33. The average Bonchev–Trinajstić information content (AvgIpc) is 2.80. The third-order valence-electron chi connectivity index (χ3n) is 4.11. The van der Waals surface area contributed by atoms with Crippen molar-refractivity contribution in [3.63, 3.8) is 0 Å². The summed E-state index contributed by atoms with van der Waals surface area (Å²) >= 11 is 0. The Morgan fingerprint density at radius 1 is 1.43 bits per heavy atom. The van der Waals surface area contributed by atoms with E-state index in [0.717, 1.165) is 18.8 Å². The highest BCUT2D eigenvalue weighted by molar-refractivity contribution is 5.99. The molecule has 21 heavy (non-hydrogen) atoms. The highest BCUT2D eigenvalue weighted by Gasteiger charge is 2.33. The molecule has 0 spiro atoms. The molecule has 116 valence electrons. The van der Waals surface area contributed by atoms with Crippen LogP contribution < -0.4 is 10.6 Å². The van der Waals surface area contributed by atoms with Gasteiger partial charge >= 0.3 is 5.97 Å². The van der Waals surface area contributed by atoms with Crippen LogP contribution in [0.5, 0.6) is 0 Å². The standard InChI is InChI=1S/C16H25N3O2/c1-5-21-16(20)12-7-6-8-13(17)15(12)19-9-11(2)14(10-19)18(3)4/h6-8,11,14H,5,9-10,17H2,1-4H3. The van der Waals surface area contributed by atoms with Crippen LogP contribution in [-0.2, 0) is 4.74 Å². The van der Waals surface area contributed by atoms with Crippen molar-refractivity contribution in [2.45, 2.75) is 19.9 Å². The lowest BCUT2D eigenvalue weighted by molar-refractivity contribution is 0.0527. The number of nitrogens with two attached hydrogens (primary N) is 1. The second-order valence-corrected chi connectivity index (χ2v) is 5.88. The van der Waals surface area contributed by atoms with Crippen molar-refractivity contribution < 1.29 is 9.53 Å². The van der Waals surface area contributed by atoms with Crippen molar-refractivity contribution in [1.29, 1.82) is 0 Å². The third kappa shape index (κ3) is 3.13. The van der Waals surface area contributed by atoms with Gasteiger partial charge in [-0.05, 0) is 39.1 Å². The Morgan fingerprint density at radius 3 is 2.71 bits per heavy atom. The van der Waals surface area contributed by atoms with Gasteiger partial charge in [0.2, 0.25) is 0 Å². The summed E-state index contributed by atoms with van der Waals surface area (Å²) in [5.41, 5.74) is 8.14. The van der Waals surface area contributed by atoms with Gasteiger partial charge in [-0.2, -0.15) is 0 Å². The van der Waals surface area contributed by atoms with Crippen molar-refractivity contribution in [3.8, 4) is 0 Å². The van der Waals surface area contributed by atoms with Crippen LogP contribution >= 0.6 is 0 Å². The highest BCUT2D eigenvalue weighted by atomic mass is 16.5. The molecule has 1 aliphatic rings. The molecule has 5 nitrogen and oxygen atoms in total. The summed E-state index contributed by atoms with van der Waals surface area (Å²) in [6, 6.07) is 5.89. The molecule has 1 aliphatic heterocycles. The van der Waals surface area contributed by atoms with Gasteiger partial charge in [0.1, 0.15) is 0 Å². The Balaban J connectivity index is 2.34. The Morgan fingerprint density at radius 2 is 2.14 bits per heavy atom. The van der Waals surface area contributed by atoms with Gasteiger partial charge in [0.15, 0.2) is 0 Å². The topological polar surface area (TPSA) is 58.8 Å². The van der Waals surface area contributed by atoms with Crippen molar-refractivity contribution >= 4 is 17.3 Å². The fraction of sp³-hybridized carbons (Fsp3) is 0.562. The van der Waals surface area contributed by atoms with E-state index in [-0.39, 0.29) is 5.97 Å². The number of esters is 1. The van der Waals surface area contributed by atoms with Crippen LogP contribution in [0.4, 0.5) is 11.4 Å². The molecule has 2 unspecified atom stereocenters. The number of carbonyl (C=O) groups excluding carboxylic acids is 1. The zero-order valence-electron chi connectivity index (χ0n) is 13.3. The van der Waals surface area contributed by atoms with E-state index in [1.54, 1.807) is 12.1 Å². The lowest BCUT2D eigenvalue weighted by Gasteiger charge is -2.25. The molecule has 2 atom stereocenters. The summed E-state index contributed by atoms with van der Waals surface area (Å²) in [5.74, 6) is 0.218. The molecule has 1 fully saturated rings. The summed E-state index contributed by atoms with van der Waals surface area (Å²) in [7, 11) is 4.18.